The van der Waals surface area contributed by atoms with Crippen molar-refractivity contribution in [3.63, 3.8) is 0 Å². The number of rotatable bonds is 2. The molecule has 0 spiro atoms. The van der Waals surface area contributed by atoms with Crippen LogP contribution in [0.2, 0.25) is 0 Å². The highest BCUT2D eigenvalue weighted by atomic mass is 16.5. The molecule has 1 saturated heterocycles. The number of carbonyl (C=O) groups is 1. The third-order valence-corrected chi connectivity index (χ3v) is 5.21. The quantitative estimate of drug-likeness (QED) is 0.770. The molecule has 1 aliphatic rings. The van der Waals surface area contributed by atoms with E-state index in [2.05, 4.69) is 20.8 Å². The summed E-state index contributed by atoms with van der Waals surface area (Å²) in [5, 5.41) is 11.9. The van der Waals surface area contributed by atoms with Crippen LogP contribution in [0.4, 0.5) is 0 Å². The number of hydroxylamine groups is 2. The summed E-state index contributed by atoms with van der Waals surface area (Å²) in [6.07, 6.45) is 1.94. The molecule has 0 aromatic heterocycles. The van der Waals surface area contributed by atoms with E-state index >= 15 is 0 Å². The minimum Gasteiger partial charge on any atom is -0.459 e. The highest BCUT2D eigenvalue weighted by molar-refractivity contribution is 5.89. The summed E-state index contributed by atoms with van der Waals surface area (Å²) in [4.78, 5) is 12.5. The van der Waals surface area contributed by atoms with Gasteiger partial charge in [-0.3, -0.25) is 0 Å². The van der Waals surface area contributed by atoms with Crippen molar-refractivity contribution in [1.29, 1.82) is 0 Å². The highest BCUT2D eigenvalue weighted by Crippen LogP contribution is 2.36. The highest BCUT2D eigenvalue weighted by Gasteiger charge is 2.42. The fourth-order valence-electron chi connectivity index (χ4n) is 3.61. The monoisotopic (exact) mass is 347 g/mol. The molecule has 1 fully saturated rings. The minimum absolute atomic E-state index is 0.0594. The average Bonchev–Trinajstić information content (AvgIpc) is 2.57. The molecule has 140 valence electrons. The first-order valence-electron chi connectivity index (χ1n) is 9.14. The van der Waals surface area contributed by atoms with E-state index in [4.69, 9.17) is 4.74 Å². The molecule has 1 aromatic carbocycles. The van der Waals surface area contributed by atoms with Gasteiger partial charge in [0, 0.05) is 17.5 Å². The molecule has 2 rings (SSSR count). The molecule has 0 radical (unpaired) electrons. The van der Waals surface area contributed by atoms with E-state index in [1.807, 2.05) is 52.0 Å². The van der Waals surface area contributed by atoms with Crippen LogP contribution in [0.5, 0.6) is 0 Å². The lowest BCUT2D eigenvalue weighted by molar-refractivity contribution is -0.222. The van der Waals surface area contributed by atoms with E-state index < -0.39 is 5.54 Å². The Balaban J connectivity index is 2.10. The average molecular weight is 347 g/mol. The summed E-state index contributed by atoms with van der Waals surface area (Å²) in [5.41, 5.74) is 1.05. The van der Waals surface area contributed by atoms with Crippen LogP contribution in [0.25, 0.3) is 0 Å². The summed E-state index contributed by atoms with van der Waals surface area (Å²) in [5.74, 6) is -0.287. The van der Waals surface area contributed by atoms with Crippen LogP contribution in [-0.2, 0) is 10.2 Å². The van der Waals surface area contributed by atoms with Gasteiger partial charge in [0.05, 0.1) is 5.56 Å². The van der Waals surface area contributed by atoms with Gasteiger partial charge in [0.1, 0.15) is 6.10 Å². The second-order valence-corrected chi connectivity index (χ2v) is 9.53. The van der Waals surface area contributed by atoms with Gasteiger partial charge in [-0.15, -0.1) is 0 Å². The van der Waals surface area contributed by atoms with Crippen LogP contribution in [0.3, 0.4) is 0 Å². The van der Waals surface area contributed by atoms with Crippen molar-refractivity contribution in [2.24, 2.45) is 0 Å². The Morgan fingerprint density at radius 1 is 1.12 bits per heavy atom. The van der Waals surface area contributed by atoms with Crippen LogP contribution in [0, 0.1) is 0 Å². The predicted molar refractivity (Wildman–Crippen MR) is 100.0 cm³/mol. The molecule has 1 atom stereocenters. The first-order valence-corrected chi connectivity index (χ1v) is 9.14. The van der Waals surface area contributed by atoms with Crippen LogP contribution in [-0.4, -0.2) is 33.4 Å². The fraction of sp³-hybridized carbons (Fsp3) is 0.667. The molecule has 4 nitrogen and oxygen atoms in total. The smallest absolute Gasteiger partial charge is 0.338 e. The molecule has 1 aliphatic heterocycles. The summed E-state index contributed by atoms with van der Waals surface area (Å²) < 4.78 is 5.78. The summed E-state index contributed by atoms with van der Waals surface area (Å²) in [6, 6.07) is 7.67. The number of nitrogens with zero attached hydrogens (tertiary/aromatic N) is 1. The van der Waals surface area contributed by atoms with Crippen molar-refractivity contribution in [1.82, 2.24) is 5.06 Å². The second-order valence-electron chi connectivity index (χ2n) is 9.53. The van der Waals surface area contributed by atoms with E-state index in [-0.39, 0.29) is 23.0 Å². The summed E-state index contributed by atoms with van der Waals surface area (Å²) in [7, 11) is 0. The zero-order valence-electron chi connectivity index (χ0n) is 16.7. The number of benzene rings is 1. The van der Waals surface area contributed by atoms with Crippen molar-refractivity contribution < 1.29 is 14.7 Å². The minimum atomic E-state index is -0.443. The first kappa shape index (κ1) is 19.9. The Bertz CT molecular complexity index is 611. The first-order chi connectivity index (χ1) is 11.3. The maximum absolute atomic E-state index is 12.5. The predicted octanol–water partition coefficient (Wildman–Crippen LogP) is 4.94. The van der Waals surface area contributed by atoms with Crippen molar-refractivity contribution in [2.45, 2.75) is 90.3 Å². The molecule has 0 aliphatic carbocycles. The SMILES string of the molecule is CC(C)(C)c1ccc(C(=O)OC2CCC(C)(C)N(O)C(C)(C)C2)cc1. The molecule has 0 bridgehead atoms. The van der Waals surface area contributed by atoms with Gasteiger partial charge in [-0.1, -0.05) is 32.9 Å². The molecule has 1 unspecified atom stereocenters. The Morgan fingerprint density at radius 3 is 2.20 bits per heavy atom. The molecule has 1 N–H and O–H groups in total. The van der Waals surface area contributed by atoms with Crippen molar-refractivity contribution >= 4 is 5.97 Å². The second kappa shape index (κ2) is 6.73. The standard InChI is InChI=1S/C21H33NO3/c1-19(2,3)16-10-8-15(9-11-16)18(23)25-17-12-13-20(4,5)22(24)21(6,7)14-17/h8-11,17,24H,12-14H2,1-7H3. The Labute approximate surface area is 152 Å². The molecule has 0 amide bonds. The number of carbonyl (C=O) groups excluding carboxylic acids is 1. The molecule has 25 heavy (non-hydrogen) atoms. The van der Waals surface area contributed by atoms with Crippen LogP contribution in [0.1, 0.15) is 83.7 Å². The third-order valence-electron chi connectivity index (χ3n) is 5.21. The van der Waals surface area contributed by atoms with Gasteiger partial charge in [0.15, 0.2) is 0 Å². The van der Waals surface area contributed by atoms with Gasteiger partial charge in [-0.25, -0.2) is 4.79 Å². The van der Waals surface area contributed by atoms with Crippen molar-refractivity contribution in [2.75, 3.05) is 0 Å². The van der Waals surface area contributed by atoms with Gasteiger partial charge in [0.25, 0.3) is 0 Å². The molecule has 1 heterocycles. The maximum Gasteiger partial charge on any atom is 0.338 e. The van der Waals surface area contributed by atoms with Crippen molar-refractivity contribution in [3.8, 4) is 0 Å². The Morgan fingerprint density at radius 2 is 1.68 bits per heavy atom. The lowest BCUT2D eigenvalue weighted by atomic mass is 9.87. The lowest BCUT2D eigenvalue weighted by Crippen LogP contribution is -2.52. The Hall–Kier alpha value is -1.39. The molecular formula is C21H33NO3. The topological polar surface area (TPSA) is 49.8 Å². The largest absolute Gasteiger partial charge is 0.459 e. The van der Waals surface area contributed by atoms with Gasteiger partial charge in [0.2, 0.25) is 0 Å². The summed E-state index contributed by atoms with van der Waals surface area (Å²) in [6.45, 7) is 14.5. The van der Waals surface area contributed by atoms with E-state index in [9.17, 15) is 10.0 Å². The van der Waals surface area contributed by atoms with Crippen LogP contribution >= 0.6 is 0 Å². The zero-order valence-corrected chi connectivity index (χ0v) is 16.7. The number of ether oxygens (including phenoxy) is 1. The van der Waals surface area contributed by atoms with E-state index in [0.717, 1.165) is 12.8 Å². The van der Waals surface area contributed by atoms with Gasteiger partial charge >= 0.3 is 5.97 Å². The number of hydrogen-bond acceptors (Lipinski definition) is 4. The van der Waals surface area contributed by atoms with E-state index in [0.29, 0.717) is 12.0 Å². The van der Waals surface area contributed by atoms with Crippen LogP contribution < -0.4 is 0 Å². The third kappa shape index (κ3) is 4.62. The van der Waals surface area contributed by atoms with Gasteiger partial charge in [-0.2, -0.15) is 5.06 Å². The normalized spacial score (nSPS) is 23.8. The zero-order chi connectivity index (χ0) is 19.0. The summed E-state index contributed by atoms with van der Waals surface area (Å²) >= 11 is 0. The molecule has 0 saturated carbocycles. The lowest BCUT2D eigenvalue weighted by Gasteiger charge is -2.42. The van der Waals surface area contributed by atoms with Gasteiger partial charge in [-0.05, 0) is 63.6 Å². The maximum atomic E-state index is 12.5. The Kier molecular flexibility index (Phi) is 5.36. The molecule has 4 heteroatoms. The fourth-order valence-corrected chi connectivity index (χ4v) is 3.61. The van der Waals surface area contributed by atoms with Crippen LogP contribution in [0.15, 0.2) is 24.3 Å². The van der Waals surface area contributed by atoms with Crippen molar-refractivity contribution in [3.05, 3.63) is 35.4 Å². The molecule has 1 aromatic rings. The van der Waals surface area contributed by atoms with E-state index in [1.165, 1.54) is 10.6 Å². The van der Waals surface area contributed by atoms with Gasteiger partial charge < -0.3 is 9.94 Å². The number of hydrogen-bond donors (Lipinski definition) is 1. The van der Waals surface area contributed by atoms with E-state index in [1.54, 1.807) is 0 Å². The molecular weight excluding hydrogens is 314 g/mol. The number of esters is 1.